The minimum atomic E-state index is -0.272. The van der Waals surface area contributed by atoms with Crippen molar-refractivity contribution in [3.05, 3.63) is 66.1 Å². The van der Waals surface area contributed by atoms with Gasteiger partial charge in [-0.05, 0) is 49.2 Å². The van der Waals surface area contributed by atoms with Gasteiger partial charge in [0.25, 0.3) is 5.91 Å². The molecule has 1 aliphatic heterocycles. The van der Waals surface area contributed by atoms with Crippen molar-refractivity contribution in [2.75, 3.05) is 12.3 Å². The molecule has 2 N–H and O–H groups in total. The molecule has 4 aromatic heterocycles. The summed E-state index contributed by atoms with van der Waals surface area (Å²) in [5, 5.41) is 13.5. The van der Waals surface area contributed by atoms with Crippen LogP contribution in [-0.2, 0) is 18.4 Å². The summed E-state index contributed by atoms with van der Waals surface area (Å²) in [5.41, 5.74) is 9.68. The van der Waals surface area contributed by atoms with Crippen molar-refractivity contribution in [1.82, 2.24) is 34.4 Å². The number of hydrogen-bond donors (Lipinski definition) is 1. The highest BCUT2D eigenvalue weighted by Gasteiger charge is 2.30. The summed E-state index contributed by atoms with van der Waals surface area (Å²) in [4.78, 5) is 31.2. The van der Waals surface area contributed by atoms with E-state index in [0.29, 0.717) is 35.6 Å². The minimum Gasteiger partial charge on any atom is -0.383 e. The van der Waals surface area contributed by atoms with Gasteiger partial charge in [0, 0.05) is 37.2 Å². The summed E-state index contributed by atoms with van der Waals surface area (Å²) in [6.45, 7) is 0.682. The van der Waals surface area contributed by atoms with Crippen LogP contribution in [0.4, 0.5) is 5.82 Å². The molecular formula is C25H24N8O2. The molecule has 0 aliphatic carbocycles. The Kier molecular flexibility index (Phi) is 4.87. The molecule has 5 heterocycles. The van der Waals surface area contributed by atoms with Crippen LogP contribution in [0.3, 0.4) is 0 Å². The number of carbonyl (C=O) groups is 2. The second-order valence-corrected chi connectivity index (χ2v) is 8.80. The lowest BCUT2D eigenvalue weighted by atomic mass is 10.1. The van der Waals surface area contributed by atoms with Crippen molar-refractivity contribution in [3.63, 3.8) is 0 Å². The third kappa shape index (κ3) is 3.54. The van der Waals surface area contributed by atoms with E-state index in [4.69, 9.17) is 5.73 Å². The quantitative estimate of drug-likeness (QED) is 0.434. The molecule has 1 saturated heterocycles. The number of fused-ring (bicyclic) bond motifs is 4. The highest BCUT2D eigenvalue weighted by atomic mass is 16.2. The van der Waals surface area contributed by atoms with Gasteiger partial charge in [0.1, 0.15) is 5.82 Å². The molecule has 0 bridgehead atoms. The van der Waals surface area contributed by atoms with E-state index in [2.05, 4.69) is 15.2 Å². The average molecular weight is 469 g/mol. The van der Waals surface area contributed by atoms with Crippen LogP contribution < -0.4 is 5.73 Å². The summed E-state index contributed by atoms with van der Waals surface area (Å²) >= 11 is 0. The van der Waals surface area contributed by atoms with E-state index in [1.54, 1.807) is 38.6 Å². The molecule has 0 spiro atoms. The van der Waals surface area contributed by atoms with Crippen LogP contribution in [0.25, 0.3) is 27.3 Å². The van der Waals surface area contributed by atoms with E-state index < -0.39 is 0 Å². The second kappa shape index (κ2) is 8.08. The van der Waals surface area contributed by atoms with E-state index in [1.807, 2.05) is 37.5 Å². The number of hydrogen-bond acceptors (Lipinski definition) is 6. The molecule has 10 heteroatoms. The number of benzene rings is 1. The van der Waals surface area contributed by atoms with Crippen molar-refractivity contribution < 1.29 is 9.59 Å². The molecular weight excluding hydrogens is 444 g/mol. The summed E-state index contributed by atoms with van der Waals surface area (Å²) in [6, 6.07) is 13.0. The predicted molar refractivity (Wildman–Crippen MR) is 131 cm³/mol. The number of nitrogens with zero attached hydrogens (tertiary/aromatic N) is 7. The van der Waals surface area contributed by atoms with Gasteiger partial charge in [-0.3, -0.25) is 19.3 Å². The molecule has 10 nitrogen and oxygen atoms in total. The van der Waals surface area contributed by atoms with Gasteiger partial charge in [0.05, 0.1) is 40.4 Å². The Labute approximate surface area is 200 Å². The van der Waals surface area contributed by atoms with E-state index in [9.17, 15) is 9.59 Å². The molecule has 0 saturated carbocycles. The van der Waals surface area contributed by atoms with Crippen molar-refractivity contribution >= 4 is 45.0 Å². The van der Waals surface area contributed by atoms with Crippen LogP contribution in [0.15, 0.2) is 54.9 Å². The van der Waals surface area contributed by atoms with Gasteiger partial charge in [0.2, 0.25) is 5.91 Å². The van der Waals surface area contributed by atoms with E-state index in [1.165, 1.54) is 5.01 Å². The first-order valence-corrected chi connectivity index (χ1v) is 11.6. The lowest BCUT2D eigenvalue weighted by Crippen LogP contribution is -2.51. The van der Waals surface area contributed by atoms with Crippen molar-refractivity contribution in [3.8, 4) is 0 Å². The minimum absolute atomic E-state index is 0.0578. The molecule has 176 valence electrons. The topological polar surface area (TPSA) is 115 Å². The summed E-state index contributed by atoms with van der Waals surface area (Å²) in [6.07, 6.45) is 5.63. The zero-order chi connectivity index (χ0) is 24.1. The maximum absolute atomic E-state index is 13.9. The van der Waals surface area contributed by atoms with Gasteiger partial charge in [-0.1, -0.05) is 6.07 Å². The van der Waals surface area contributed by atoms with Gasteiger partial charge in [-0.25, -0.2) is 14.5 Å². The summed E-state index contributed by atoms with van der Waals surface area (Å²) in [7, 11) is 1.83. The van der Waals surface area contributed by atoms with Gasteiger partial charge in [0.15, 0.2) is 0 Å². The lowest BCUT2D eigenvalue weighted by molar-refractivity contribution is -0.148. The van der Waals surface area contributed by atoms with E-state index in [0.717, 1.165) is 34.6 Å². The number of aryl methyl sites for hydroxylation is 1. The number of pyridine rings is 2. The number of carbonyl (C=O) groups excluding carboxylic acids is 2. The maximum atomic E-state index is 13.9. The highest BCUT2D eigenvalue weighted by molar-refractivity contribution is 6.10. The number of amides is 2. The highest BCUT2D eigenvalue weighted by Crippen LogP contribution is 2.29. The van der Waals surface area contributed by atoms with Crippen LogP contribution in [-0.4, -0.2) is 52.8 Å². The number of aromatic nitrogens is 5. The molecule has 0 radical (unpaired) electrons. The van der Waals surface area contributed by atoms with Gasteiger partial charge in [-0.15, -0.1) is 0 Å². The van der Waals surface area contributed by atoms with Crippen molar-refractivity contribution in [2.45, 2.75) is 25.8 Å². The standard InChI is InChI=1S/C25H24N8O2/c1-30-23-19-12-16(8-9-21(19)28-24(26)20(23)14-27-30)25(35)33(32-11-5-3-7-22(32)34)15-17-13-18-6-2-4-10-31(18)29-17/h2,4,6,8-10,12-14H,3,5,7,11,15H2,1H3,(H2,26,28). The Morgan fingerprint density at radius 3 is 2.86 bits per heavy atom. The van der Waals surface area contributed by atoms with Gasteiger partial charge in [-0.2, -0.15) is 10.2 Å². The zero-order valence-corrected chi connectivity index (χ0v) is 19.3. The number of nitrogen functional groups attached to an aromatic ring is 1. The monoisotopic (exact) mass is 468 g/mol. The van der Waals surface area contributed by atoms with E-state index >= 15 is 0 Å². The third-order valence-electron chi connectivity index (χ3n) is 6.51. The number of nitrogens with two attached hydrogens (primary N) is 1. The lowest BCUT2D eigenvalue weighted by Gasteiger charge is -2.37. The Balaban J connectivity index is 1.44. The normalized spacial score (nSPS) is 14.3. The fourth-order valence-electron chi connectivity index (χ4n) is 4.78. The number of rotatable bonds is 4. The SMILES string of the molecule is Cn1ncc2c(N)nc3ccc(C(=O)N(Cc4cc5ccccn5n4)N4CCCCC4=O)cc3c21. The van der Waals surface area contributed by atoms with Gasteiger partial charge >= 0.3 is 0 Å². The molecule has 1 aromatic carbocycles. The van der Waals surface area contributed by atoms with Crippen LogP contribution in [0.1, 0.15) is 35.3 Å². The molecule has 1 aliphatic rings. The first-order chi connectivity index (χ1) is 17.0. The molecule has 0 unspecified atom stereocenters. The molecule has 6 rings (SSSR count). The summed E-state index contributed by atoms with van der Waals surface area (Å²) in [5.74, 6) is 0.0658. The fraction of sp³-hybridized carbons (Fsp3) is 0.240. The van der Waals surface area contributed by atoms with E-state index in [-0.39, 0.29) is 18.4 Å². The van der Waals surface area contributed by atoms with Crippen LogP contribution in [0.5, 0.6) is 0 Å². The van der Waals surface area contributed by atoms with Crippen LogP contribution in [0.2, 0.25) is 0 Å². The zero-order valence-electron chi connectivity index (χ0n) is 19.3. The fourth-order valence-corrected chi connectivity index (χ4v) is 4.78. The summed E-state index contributed by atoms with van der Waals surface area (Å²) < 4.78 is 3.49. The average Bonchev–Trinajstić information content (AvgIpc) is 3.46. The Morgan fingerprint density at radius 2 is 2.03 bits per heavy atom. The molecule has 5 aromatic rings. The Morgan fingerprint density at radius 1 is 1.14 bits per heavy atom. The van der Waals surface area contributed by atoms with Crippen LogP contribution in [0, 0.1) is 0 Å². The number of anilines is 1. The van der Waals surface area contributed by atoms with Crippen LogP contribution >= 0.6 is 0 Å². The van der Waals surface area contributed by atoms with Crippen molar-refractivity contribution in [1.29, 1.82) is 0 Å². The molecule has 0 atom stereocenters. The Bertz CT molecular complexity index is 1590. The molecule has 35 heavy (non-hydrogen) atoms. The maximum Gasteiger partial charge on any atom is 0.272 e. The smallest absolute Gasteiger partial charge is 0.272 e. The molecule has 1 fully saturated rings. The first-order valence-electron chi connectivity index (χ1n) is 11.6. The third-order valence-corrected chi connectivity index (χ3v) is 6.51. The number of hydrazine groups is 1. The second-order valence-electron chi connectivity index (χ2n) is 8.80. The predicted octanol–water partition coefficient (Wildman–Crippen LogP) is 2.92. The Hall–Kier alpha value is -4.47. The largest absolute Gasteiger partial charge is 0.383 e. The molecule has 2 amide bonds. The van der Waals surface area contributed by atoms with Crippen molar-refractivity contribution in [2.24, 2.45) is 7.05 Å². The first kappa shape index (κ1) is 21.1. The number of piperidine rings is 1. The van der Waals surface area contributed by atoms with Gasteiger partial charge < -0.3 is 5.73 Å².